The van der Waals surface area contributed by atoms with Crippen LogP contribution in [-0.4, -0.2) is 30.1 Å². The molecule has 158 valence electrons. The van der Waals surface area contributed by atoms with E-state index in [4.69, 9.17) is 28.7 Å². The van der Waals surface area contributed by atoms with Crippen molar-refractivity contribution in [2.75, 3.05) is 0 Å². The highest BCUT2D eigenvalue weighted by Gasteiger charge is 2.69. The van der Waals surface area contributed by atoms with Crippen LogP contribution in [0.2, 0.25) is 0 Å². The lowest BCUT2D eigenvalue weighted by molar-refractivity contribution is -0.576. The van der Waals surface area contributed by atoms with Gasteiger partial charge in [0, 0.05) is 18.3 Å². The second-order valence-electron chi connectivity index (χ2n) is 9.06. The van der Waals surface area contributed by atoms with Gasteiger partial charge in [-0.2, -0.15) is 0 Å². The van der Waals surface area contributed by atoms with Crippen LogP contribution in [-0.2, 0) is 24.0 Å². The fourth-order valence-corrected chi connectivity index (χ4v) is 5.71. The van der Waals surface area contributed by atoms with E-state index in [9.17, 15) is 4.79 Å². The first-order chi connectivity index (χ1) is 13.9. The predicted molar refractivity (Wildman–Crippen MR) is 100 cm³/mol. The fraction of sp³-hybridized carbons (Fsp3) is 0.682. The van der Waals surface area contributed by atoms with Gasteiger partial charge in [0.25, 0.3) is 0 Å². The van der Waals surface area contributed by atoms with Gasteiger partial charge in [-0.25, -0.2) is 14.6 Å². The molecule has 7 heteroatoms. The first-order valence-electron chi connectivity index (χ1n) is 10.5. The normalized spacial score (nSPS) is 45.8. The summed E-state index contributed by atoms with van der Waals surface area (Å²) < 4.78 is 23.4. The van der Waals surface area contributed by atoms with E-state index in [1.807, 2.05) is 19.9 Å². The molecule has 8 unspecified atom stereocenters. The quantitative estimate of drug-likeness (QED) is 0.411. The molecule has 2 bridgehead atoms. The Morgan fingerprint density at radius 2 is 1.86 bits per heavy atom. The molecule has 4 saturated heterocycles. The predicted octanol–water partition coefficient (Wildman–Crippen LogP) is 4.41. The Kier molecular flexibility index (Phi) is 4.62. The number of fused-ring (bicyclic) bond motifs is 2. The van der Waals surface area contributed by atoms with Crippen molar-refractivity contribution in [3.05, 3.63) is 30.3 Å². The maximum absolute atomic E-state index is 12.4. The van der Waals surface area contributed by atoms with Crippen LogP contribution >= 0.6 is 0 Å². The number of carbonyl (C=O) groups is 1. The number of benzene rings is 1. The number of hydrogen-bond donors (Lipinski definition) is 0. The SMILES string of the molecule is CC1CCC2C(C)C(OC(=O)Oc3ccccc3)OC3OC4(C)CCC1C32OO4. The van der Waals surface area contributed by atoms with Gasteiger partial charge in [-0.1, -0.05) is 32.0 Å². The van der Waals surface area contributed by atoms with Crippen molar-refractivity contribution >= 4 is 6.16 Å². The van der Waals surface area contributed by atoms with Gasteiger partial charge < -0.3 is 18.9 Å². The first kappa shape index (κ1) is 19.3. The zero-order chi connectivity index (χ0) is 20.2. The fourth-order valence-electron chi connectivity index (χ4n) is 5.71. The van der Waals surface area contributed by atoms with Crippen LogP contribution in [0.15, 0.2) is 30.3 Å². The molecule has 1 saturated carbocycles. The largest absolute Gasteiger partial charge is 0.516 e. The molecule has 1 aromatic carbocycles. The molecule has 1 spiro atoms. The van der Waals surface area contributed by atoms with Gasteiger partial charge in [-0.05, 0) is 50.2 Å². The molecule has 0 aromatic heterocycles. The summed E-state index contributed by atoms with van der Waals surface area (Å²) in [5, 5.41) is 0. The second-order valence-corrected chi connectivity index (χ2v) is 9.06. The summed E-state index contributed by atoms with van der Waals surface area (Å²) in [6.45, 7) is 6.17. The topological polar surface area (TPSA) is 72.5 Å². The Hall–Kier alpha value is -1.67. The molecule has 1 aromatic rings. The van der Waals surface area contributed by atoms with Crippen molar-refractivity contribution in [3.8, 4) is 5.75 Å². The lowest BCUT2D eigenvalue weighted by Gasteiger charge is -2.59. The Labute approximate surface area is 170 Å². The average molecular weight is 404 g/mol. The summed E-state index contributed by atoms with van der Waals surface area (Å²) >= 11 is 0. The van der Waals surface area contributed by atoms with E-state index in [-0.39, 0.29) is 17.8 Å². The maximum atomic E-state index is 12.4. The number of rotatable bonds is 2. The van der Waals surface area contributed by atoms with Gasteiger partial charge in [0.2, 0.25) is 12.1 Å². The van der Waals surface area contributed by atoms with Crippen LogP contribution in [0.3, 0.4) is 0 Å². The number of ether oxygens (including phenoxy) is 4. The summed E-state index contributed by atoms with van der Waals surface area (Å²) in [7, 11) is 0. The average Bonchev–Trinajstić information content (AvgIpc) is 2.93. The Morgan fingerprint density at radius 1 is 1.07 bits per heavy atom. The van der Waals surface area contributed by atoms with E-state index >= 15 is 0 Å². The van der Waals surface area contributed by atoms with Gasteiger partial charge in [-0.15, -0.1) is 0 Å². The molecule has 4 heterocycles. The van der Waals surface area contributed by atoms with Gasteiger partial charge in [0.1, 0.15) is 5.75 Å². The van der Waals surface area contributed by atoms with Crippen molar-refractivity contribution in [2.24, 2.45) is 23.7 Å². The van der Waals surface area contributed by atoms with E-state index in [1.54, 1.807) is 24.3 Å². The molecule has 6 rings (SSSR count). The lowest BCUT2D eigenvalue weighted by atomic mass is 9.58. The summed E-state index contributed by atoms with van der Waals surface area (Å²) in [5.41, 5.74) is -0.670. The highest BCUT2D eigenvalue weighted by Crippen LogP contribution is 2.60. The maximum Gasteiger partial charge on any atom is 0.516 e. The van der Waals surface area contributed by atoms with Crippen molar-refractivity contribution in [1.29, 1.82) is 0 Å². The number of carbonyl (C=O) groups excluding carboxylic acids is 1. The minimum Gasteiger partial charge on any atom is -0.404 e. The molecule has 8 atom stereocenters. The first-order valence-corrected chi connectivity index (χ1v) is 10.5. The van der Waals surface area contributed by atoms with E-state index in [1.165, 1.54) is 0 Å². The third-order valence-corrected chi connectivity index (χ3v) is 7.25. The van der Waals surface area contributed by atoms with Crippen LogP contribution in [0, 0.1) is 23.7 Å². The smallest absolute Gasteiger partial charge is 0.404 e. The second kappa shape index (κ2) is 6.94. The highest BCUT2D eigenvalue weighted by molar-refractivity contribution is 5.63. The minimum absolute atomic E-state index is 0.0840. The Bertz CT molecular complexity index is 770. The molecule has 4 aliphatic heterocycles. The van der Waals surface area contributed by atoms with Crippen LogP contribution < -0.4 is 4.74 Å². The highest BCUT2D eigenvalue weighted by atomic mass is 17.3. The zero-order valence-electron chi connectivity index (χ0n) is 17.0. The molecular formula is C22H28O7. The van der Waals surface area contributed by atoms with Crippen LogP contribution in [0.4, 0.5) is 4.79 Å². The van der Waals surface area contributed by atoms with Crippen molar-refractivity contribution in [1.82, 2.24) is 0 Å². The molecule has 0 amide bonds. The van der Waals surface area contributed by atoms with Crippen LogP contribution in [0.1, 0.15) is 46.5 Å². The summed E-state index contributed by atoms with van der Waals surface area (Å²) in [6, 6.07) is 8.85. The van der Waals surface area contributed by atoms with Crippen molar-refractivity contribution in [2.45, 2.75) is 70.4 Å². The number of para-hydroxylation sites is 1. The summed E-state index contributed by atoms with van der Waals surface area (Å²) in [5.74, 6) is 0.345. The molecule has 1 aliphatic carbocycles. The van der Waals surface area contributed by atoms with Crippen molar-refractivity contribution in [3.63, 3.8) is 0 Å². The summed E-state index contributed by atoms with van der Waals surface area (Å²) in [4.78, 5) is 24.3. The molecule has 5 aliphatic rings. The van der Waals surface area contributed by atoms with Crippen molar-refractivity contribution < 1.29 is 33.5 Å². The molecule has 5 fully saturated rings. The van der Waals surface area contributed by atoms with Gasteiger partial charge in [-0.3, -0.25) is 0 Å². The van der Waals surface area contributed by atoms with E-state index in [2.05, 4.69) is 6.92 Å². The standard InChI is InChI=1S/C22H28O7/c1-13-9-10-17-14(2)18(26-20(23)24-15-7-5-4-6-8-15)25-19-22(17)16(13)11-12-21(3,27-19)28-29-22/h4-8,13-14,16-19H,9-12H2,1-3H3. The van der Waals surface area contributed by atoms with E-state index in [0.717, 1.165) is 25.7 Å². The summed E-state index contributed by atoms with van der Waals surface area (Å²) in [6.07, 6.45) is 1.53. The minimum atomic E-state index is -0.854. The third-order valence-electron chi connectivity index (χ3n) is 7.25. The molecular weight excluding hydrogens is 376 g/mol. The van der Waals surface area contributed by atoms with E-state index in [0.29, 0.717) is 11.7 Å². The van der Waals surface area contributed by atoms with E-state index < -0.39 is 30.1 Å². The molecule has 0 N–H and O–H groups in total. The zero-order valence-corrected chi connectivity index (χ0v) is 17.0. The third kappa shape index (κ3) is 3.06. The van der Waals surface area contributed by atoms with Gasteiger partial charge in [0.05, 0.1) is 0 Å². The Morgan fingerprint density at radius 3 is 2.66 bits per heavy atom. The Balaban J connectivity index is 1.39. The van der Waals surface area contributed by atoms with Gasteiger partial charge >= 0.3 is 6.16 Å². The monoisotopic (exact) mass is 404 g/mol. The number of hydrogen-bond acceptors (Lipinski definition) is 7. The lowest BCUT2D eigenvalue weighted by Crippen LogP contribution is -2.70. The molecule has 29 heavy (non-hydrogen) atoms. The van der Waals surface area contributed by atoms with Gasteiger partial charge in [0.15, 0.2) is 11.9 Å². The molecule has 7 nitrogen and oxygen atoms in total. The van der Waals surface area contributed by atoms with Crippen LogP contribution in [0.5, 0.6) is 5.75 Å². The van der Waals surface area contributed by atoms with Crippen LogP contribution in [0.25, 0.3) is 0 Å². The molecule has 0 radical (unpaired) electrons.